The monoisotopic (exact) mass is 386 g/mol. The van der Waals surface area contributed by atoms with Crippen LogP contribution in [0.15, 0.2) is 53.0 Å². The van der Waals surface area contributed by atoms with Crippen LogP contribution in [0.25, 0.3) is 10.9 Å². The summed E-state index contributed by atoms with van der Waals surface area (Å²) in [4.78, 5) is 4.56. The molecule has 0 aliphatic heterocycles. The molecule has 124 valence electrons. The molecule has 24 heavy (non-hydrogen) atoms. The van der Waals surface area contributed by atoms with E-state index in [9.17, 15) is 0 Å². The zero-order valence-electron chi connectivity index (χ0n) is 13.6. The number of hydrogen-bond acceptors (Lipinski definition) is 4. The molecule has 4 nitrogen and oxygen atoms in total. The highest BCUT2D eigenvalue weighted by atomic mass is 79.9. The quantitative estimate of drug-likeness (QED) is 0.653. The molecule has 0 radical (unpaired) electrons. The number of rotatable bonds is 5. The molecule has 1 unspecified atom stereocenters. The molecule has 3 aromatic rings. The summed E-state index contributed by atoms with van der Waals surface area (Å²) in [6.07, 6.45) is 0. The largest absolute Gasteiger partial charge is 0.494 e. The molecule has 1 aromatic heterocycles. The summed E-state index contributed by atoms with van der Waals surface area (Å²) in [7, 11) is 0. The zero-order chi connectivity index (χ0) is 17.1. The Labute approximate surface area is 149 Å². The van der Waals surface area contributed by atoms with Crippen LogP contribution >= 0.6 is 15.9 Å². The molecule has 3 rings (SSSR count). The van der Waals surface area contributed by atoms with Gasteiger partial charge in [0.2, 0.25) is 5.88 Å². The van der Waals surface area contributed by atoms with Crippen LogP contribution in [-0.4, -0.2) is 11.6 Å². The van der Waals surface area contributed by atoms with Crippen LogP contribution in [0.4, 0.5) is 0 Å². The Morgan fingerprint density at radius 2 is 1.96 bits per heavy atom. The minimum Gasteiger partial charge on any atom is -0.494 e. The Morgan fingerprint density at radius 1 is 1.12 bits per heavy atom. The van der Waals surface area contributed by atoms with Gasteiger partial charge in [-0.15, -0.1) is 0 Å². The first-order chi connectivity index (χ1) is 11.6. The normalized spacial score (nSPS) is 12.2. The number of pyridine rings is 1. The molecule has 0 amide bonds. The fourth-order valence-corrected chi connectivity index (χ4v) is 2.84. The summed E-state index contributed by atoms with van der Waals surface area (Å²) < 4.78 is 12.2. The van der Waals surface area contributed by atoms with E-state index in [0.717, 1.165) is 26.7 Å². The Balaban J connectivity index is 1.86. The van der Waals surface area contributed by atoms with Gasteiger partial charge in [-0.2, -0.15) is 0 Å². The smallest absolute Gasteiger partial charge is 0.219 e. The van der Waals surface area contributed by atoms with Crippen molar-refractivity contribution >= 4 is 26.8 Å². The molecule has 1 atom stereocenters. The summed E-state index contributed by atoms with van der Waals surface area (Å²) in [5.41, 5.74) is 7.89. The highest BCUT2D eigenvalue weighted by Crippen LogP contribution is 2.33. The average Bonchev–Trinajstić information content (AvgIpc) is 2.57. The third-order valence-corrected chi connectivity index (χ3v) is 4.26. The Bertz CT molecular complexity index is 865. The van der Waals surface area contributed by atoms with Crippen LogP contribution < -0.4 is 15.2 Å². The molecular weight excluding hydrogens is 368 g/mol. The van der Waals surface area contributed by atoms with Crippen molar-refractivity contribution in [2.45, 2.75) is 19.9 Å². The molecule has 2 aromatic carbocycles. The van der Waals surface area contributed by atoms with Crippen molar-refractivity contribution in [2.75, 3.05) is 6.61 Å². The molecule has 5 heteroatoms. The lowest BCUT2D eigenvalue weighted by molar-refractivity contribution is 0.339. The standard InChI is InChI=1S/C19H19BrN2O2/c1-3-23-15-6-8-18(16(20)11-15)24-19-9-5-14-10-13(12(2)21)4-7-17(14)22-19/h4-12H,3,21H2,1-2H3. The number of nitrogens with two attached hydrogens (primary N) is 1. The molecule has 0 aliphatic rings. The third kappa shape index (κ3) is 3.68. The molecule has 0 bridgehead atoms. The molecule has 0 saturated carbocycles. The number of hydrogen-bond donors (Lipinski definition) is 1. The molecule has 0 fully saturated rings. The molecule has 0 spiro atoms. The minimum absolute atomic E-state index is 0.00476. The Hall–Kier alpha value is -2.11. The topological polar surface area (TPSA) is 57.4 Å². The van der Waals surface area contributed by atoms with E-state index in [-0.39, 0.29) is 6.04 Å². The van der Waals surface area contributed by atoms with E-state index < -0.39 is 0 Å². The summed E-state index contributed by atoms with van der Waals surface area (Å²) in [5.74, 6) is 2.03. The number of fused-ring (bicyclic) bond motifs is 1. The molecule has 0 saturated heterocycles. The average molecular weight is 387 g/mol. The van der Waals surface area contributed by atoms with Crippen LogP contribution in [0.3, 0.4) is 0 Å². The van der Waals surface area contributed by atoms with Gasteiger partial charge in [-0.3, -0.25) is 0 Å². The van der Waals surface area contributed by atoms with Crippen LogP contribution in [0.5, 0.6) is 17.4 Å². The van der Waals surface area contributed by atoms with Gasteiger partial charge in [0.05, 0.1) is 16.6 Å². The highest BCUT2D eigenvalue weighted by Gasteiger charge is 2.08. The van der Waals surface area contributed by atoms with Gasteiger partial charge in [0.25, 0.3) is 0 Å². The first-order valence-electron chi connectivity index (χ1n) is 7.83. The maximum absolute atomic E-state index is 5.93. The van der Waals surface area contributed by atoms with Gasteiger partial charge in [-0.25, -0.2) is 4.98 Å². The highest BCUT2D eigenvalue weighted by molar-refractivity contribution is 9.10. The van der Waals surface area contributed by atoms with Gasteiger partial charge in [-0.1, -0.05) is 6.07 Å². The van der Waals surface area contributed by atoms with E-state index in [2.05, 4.69) is 27.0 Å². The van der Waals surface area contributed by atoms with Crippen molar-refractivity contribution in [1.82, 2.24) is 4.98 Å². The molecule has 0 aliphatic carbocycles. The summed E-state index contributed by atoms with van der Waals surface area (Å²) in [5, 5.41) is 1.04. The number of aromatic nitrogens is 1. The van der Waals surface area contributed by atoms with Gasteiger partial charge >= 0.3 is 0 Å². The van der Waals surface area contributed by atoms with E-state index >= 15 is 0 Å². The van der Waals surface area contributed by atoms with Crippen molar-refractivity contribution in [3.63, 3.8) is 0 Å². The lowest BCUT2D eigenvalue weighted by Gasteiger charge is -2.11. The number of ether oxygens (including phenoxy) is 2. The summed E-state index contributed by atoms with van der Waals surface area (Å²) in [6, 6.07) is 15.5. The van der Waals surface area contributed by atoms with Crippen molar-refractivity contribution in [1.29, 1.82) is 0 Å². The molecule has 2 N–H and O–H groups in total. The third-order valence-electron chi connectivity index (χ3n) is 3.64. The second-order valence-corrected chi connectivity index (χ2v) is 6.37. The summed E-state index contributed by atoms with van der Waals surface area (Å²) in [6.45, 7) is 4.55. The second-order valence-electron chi connectivity index (χ2n) is 5.52. The fourth-order valence-electron chi connectivity index (χ4n) is 2.40. The summed E-state index contributed by atoms with van der Waals surface area (Å²) >= 11 is 3.50. The van der Waals surface area contributed by atoms with E-state index in [0.29, 0.717) is 18.2 Å². The van der Waals surface area contributed by atoms with Crippen LogP contribution in [-0.2, 0) is 0 Å². The van der Waals surface area contributed by atoms with E-state index in [4.69, 9.17) is 15.2 Å². The lowest BCUT2D eigenvalue weighted by Crippen LogP contribution is -2.04. The van der Waals surface area contributed by atoms with Crippen LogP contribution in [0.1, 0.15) is 25.5 Å². The molecule has 1 heterocycles. The Morgan fingerprint density at radius 3 is 2.67 bits per heavy atom. The van der Waals surface area contributed by atoms with E-state index in [1.807, 2.05) is 56.3 Å². The van der Waals surface area contributed by atoms with Gasteiger partial charge in [0, 0.05) is 17.5 Å². The SMILES string of the molecule is CCOc1ccc(Oc2ccc3cc(C(C)N)ccc3n2)c(Br)c1. The predicted molar refractivity (Wildman–Crippen MR) is 99.7 cm³/mol. The van der Waals surface area contributed by atoms with Crippen LogP contribution in [0.2, 0.25) is 0 Å². The van der Waals surface area contributed by atoms with E-state index in [1.165, 1.54) is 0 Å². The van der Waals surface area contributed by atoms with E-state index in [1.54, 1.807) is 0 Å². The number of benzene rings is 2. The van der Waals surface area contributed by atoms with Crippen LogP contribution in [0, 0.1) is 0 Å². The first-order valence-corrected chi connectivity index (χ1v) is 8.62. The van der Waals surface area contributed by atoms with Crippen molar-refractivity contribution < 1.29 is 9.47 Å². The first kappa shape index (κ1) is 16.7. The van der Waals surface area contributed by atoms with Gasteiger partial charge in [-0.05, 0) is 71.7 Å². The molecular formula is C19H19BrN2O2. The minimum atomic E-state index is 0.00476. The lowest BCUT2D eigenvalue weighted by atomic mass is 10.1. The zero-order valence-corrected chi connectivity index (χ0v) is 15.2. The maximum atomic E-state index is 5.93. The number of halogens is 1. The van der Waals surface area contributed by atoms with Gasteiger partial charge in [0.15, 0.2) is 0 Å². The second kappa shape index (κ2) is 7.20. The number of nitrogens with zero attached hydrogens (tertiary/aromatic N) is 1. The fraction of sp³-hybridized carbons (Fsp3) is 0.211. The van der Waals surface area contributed by atoms with Crippen molar-refractivity contribution in [3.05, 3.63) is 58.6 Å². The van der Waals surface area contributed by atoms with Crippen molar-refractivity contribution in [2.24, 2.45) is 5.73 Å². The predicted octanol–water partition coefficient (Wildman–Crippen LogP) is 5.21. The van der Waals surface area contributed by atoms with Gasteiger partial charge < -0.3 is 15.2 Å². The van der Waals surface area contributed by atoms with Crippen molar-refractivity contribution in [3.8, 4) is 17.4 Å². The van der Waals surface area contributed by atoms with Gasteiger partial charge in [0.1, 0.15) is 11.5 Å². The maximum Gasteiger partial charge on any atom is 0.219 e. The Kier molecular flexibility index (Phi) is 5.02.